The van der Waals surface area contributed by atoms with E-state index in [1.165, 1.54) is 0 Å². The second-order valence-corrected chi connectivity index (χ2v) is 5.42. The fraction of sp³-hybridized carbons (Fsp3) is 0.250. The number of methoxy groups -OCH3 is 1. The lowest BCUT2D eigenvalue weighted by Crippen LogP contribution is -2.10. The molecule has 0 aliphatic carbocycles. The maximum absolute atomic E-state index is 9.99. The topological polar surface area (TPSA) is 41.5 Å². The number of ether oxygens (including phenoxy) is 1. The van der Waals surface area contributed by atoms with Gasteiger partial charge in [-0.05, 0) is 30.7 Å². The van der Waals surface area contributed by atoms with E-state index in [0.717, 1.165) is 27.9 Å². The van der Waals surface area contributed by atoms with Crippen molar-refractivity contribution >= 4 is 21.6 Å². The van der Waals surface area contributed by atoms with E-state index >= 15 is 0 Å². The zero-order chi connectivity index (χ0) is 14.5. The molecule has 2 N–H and O–H groups in total. The summed E-state index contributed by atoms with van der Waals surface area (Å²) in [6.45, 7) is 2.08. The van der Waals surface area contributed by atoms with Crippen LogP contribution in [0.4, 0.5) is 5.69 Å². The molecule has 3 nitrogen and oxygen atoms in total. The predicted octanol–water partition coefficient (Wildman–Crippen LogP) is 4.73. The summed E-state index contributed by atoms with van der Waals surface area (Å²) in [6.07, 6.45) is 0.854. The molecule has 2 aromatic rings. The van der Waals surface area contributed by atoms with E-state index in [9.17, 15) is 5.11 Å². The summed E-state index contributed by atoms with van der Waals surface area (Å²) in [5.41, 5.74) is 1.79. The van der Waals surface area contributed by atoms with Gasteiger partial charge in [-0.2, -0.15) is 0 Å². The van der Waals surface area contributed by atoms with Crippen LogP contribution < -0.4 is 10.1 Å². The van der Waals surface area contributed by atoms with E-state index < -0.39 is 0 Å². The quantitative estimate of drug-likeness (QED) is 0.830. The second-order valence-electron chi connectivity index (χ2n) is 4.51. The third kappa shape index (κ3) is 3.25. The molecular formula is C16H18BrNO2. The zero-order valence-corrected chi connectivity index (χ0v) is 13.1. The van der Waals surface area contributed by atoms with E-state index in [-0.39, 0.29) is 6.04 Å². The fourth-order valence-corrected chi connectivity index (χ4v) is 2.52. The van der Waals surface area contributed by atoms with Crippen LogP contribution in [0.15, 0.2) is 46.9 Å². The van der Waals surface area contributed by atoms with Crippen molar-refractivity contribution in [2.75, 3.05) is 12.4 Å². The standard InChI is InChI=1S/C16H18BrNO2/c1-3-13(12-6-4-5-7-15(12)19)18-14-10-11(17)8-9-16(14)20-2/h4-10,13,18-19H,3H2,1-2H3. The molecule has 0 bridgehead atoms. The first-order chi connectivity index (χ1) is 9.65. The molecule has 0 fully saturated rings. The largest absolute Gasteiger partial charge is 0.508 e. The smallest absolute Gasteiger partial charge is 0.142 e. The summed E-state index contributed by atoms with van der Waals surface area (Å²) in [7, 11) is 1.65. The SMILES string of the molecule is CCC(Nc1cc(Br)ccc1OC)c1ccccc1O. The van der Waals surface area contributed by atoms with Gasteiger partial charge in [-0.25, -0.2) is 0 Å². The van der Waals surface area contributed by atoms with Gasteiger partial charge in [-0.3, -0.25) is 0 Å². The van der Waals surface area contributed by atoms with Crippen molar-refractivity contribution in [1.29, 1.82) is 0 Å². The molecule has 0 aromatic heterocycles. The maximum atomic E-state index is 9.99. The van der Waals surface area contributed by atoms with Gasteiger partial charge in [0.1, 0.15) is 11.5 Å². The number of rotatable bonds is 5. The average molecular weight is 336 g/mol. The molecule has 0 radical (unpaired) electrons. The number of phenolic OH excluding ortho intramolecular Hbond substituents is 1. The summed E-state index contributed by atoms with van der Waals surface area (Å²) in [4.78, 5) is 0. The Hall–Kier alpha value is -1.68. The molecule has 4 heteroatoms. The van der Waals surface area contributed by atoms with Crippen LogP contribution in [-0.4, -0.2) is 12.2 Å². The second kappa shape index (κ2) is 6.66. The van der Waals surface area contributed by atoms with Gasteiger partial charge in [0.2, 0.25) is 0 Å². The maximum Gasteiger partial charge on any atom is 0.142 e. The van der Waals surface area contributed by atoms with Gasteiger partial charge in [-0.1, -0.05) is 41.1 Å². The lowest BCUT2D eigenvalue weighted by atomic mass is 10.0. The number of halogens is 1. The highest BCUT2D eigenvalue weighted by Crippen LogP contribution is 2.34. The zero-order valence-electron chi connectivity index (χ0n) is 11.6. The van der Waals surface area contributed by atoms with Crippen LogP contribution in [0.3, 0.4) is 0 Å². The van der Waals surface area contributed by atoms with Crippen LogP contribution in [0.5, 0.6) is 11.5 Å². The number of para-hydroxylation sites is 1. The van der Waals surface area contributed by atoms with E-state index in [1.807, 2.05) is 36.4 Å². The molecule has 0 spiro atoms. The first-order valence-corrected chi connectivity index (χ1v) is 7.33. The molecular weight excluding hydrogens is 318 g/mol. The molecule has 0 aliphatic rings. The molecule has 0 aliphatic heterocycles. The van der Waals surface area contributed by atoms with Gasteiger partial charge in [0.25, 0.3) is 0 Å². The van der Waals surface area contributed by atoms with Gasteiger partial charge < -0.3 is 15.2 Å². The molecule has 1 unspecified atom stereocenters. The molecule has 0 amide bonds. The fourth-order valence-electron chi connectivity index (χ4n) is 2.16. The van der Waals surface area contributed by atoms with Crippen molar-refractivity contribution in [2.45, 2.75) is 19.4 Å². The van der Waals surface area contributed by atoms with Gasteiger partial charge >= 0.3 is 0 Å². The number of hydrogen-bond acceptors (Lipinski definition) is 3. The van der Waals surface area contributed by atoms with Gasteiger partial charge in [0.05, 0.1) is 18.8 Å². The van der Waals surface area contributed by atoms with Gasteiger partial charge in [0, 0.05) is 10.0 Å². The molecule has 0 saturated heterocycles. The lowest BCUT2D eigenvalue weighted by Gasteiger charge is -2.21. The molecule has 0 saturated carbocycles. The Morgan fingerprint density at radius 2 is 2.00 bits per heavy atom. The van der Waals surface area contributed by atoms with Crippen LogP contribution in [0, 0.1) is 0 Å². The number of hydrogen-bond donors (Lipinski definition) is 2. The molecule has 20 heavy (non-hydrogen) atoms. The number of anilines is 1. The molecule has 2 rings (SSSR count). The van der Waals surface area contributed by atoms with Crippen LogP contribution in [0.1, 0.15) is 24.9 Å². The molecule has 1 atom stereocenters. The summed E-state index contributed by atoms with van der Waals surface area (Å²) in [5, 5.41) is 13.4. The molecule has 106 valence electrons. The van der Waals surface area contributed by atoms with E-state index in [0.29, 0.717) is 5.75 Å². The minimum absolute atomic E-state index is 0.0272. The Morgan fingerprint density at radius 3 is 2.65 bits per heavy atom. The van der Waals surface area contributed by atoms with E-state index in [2.05, 4.69) is 28.2 Å². The molecule has 0 heterocycles. The number of nitrogens with one attached hydrogen (secondary N) is 1. The van der Waals surface area contributed by atoms with Crippen molar-refractivity contribution in [2.24, 2.45) is 0 Å². The first kappa shape index (κ1) is 14.7. The van der Waals surface area contributed by atoms with Crippen molar-refractivity contribution in [3.63, 3.8) is 0 Å². The highest BCUT2D eigenvalue weighted by Gasteiger charge is 2.15. The monoisotopic (exact) mass is 335 g/mol. The molecule has 2 aromatic carbocycles. The third-order valence-electron chi connectivity index (χ3n) is 3.21. The highest BCUT2D eigenvalue weighted by molar-refractivity contribution is 9.10. The first-order valence-electron chi connectivity index (χ1n) is 6.53. The predicted molar refractivity (Wildman–Crippen MR) is 85.5 cm³/mol. The van der Waals surface area contributed by atoms with Crippen LogP contribution in [-0.2, 0) is 0 Å². The van der Waals surface area contributed by atoms with Crippen LogP contribution in [0.25, 0.3) is 0 Å². The summed E-state index contributed by atoms with van der Waals surface area (Å²) >= 11 is 3.46. The normalized spacial score (nSPS) is 11.9. The Morgan fingerprint density at radius 1 is 1.25 bits per heavy atom. The summed E-state index contributed by atoms with van der Waals surface area (Å²) in [5.74, 6) is 1.09. The van der Waals surface area contributed by atoms with Crippen molar-refractivity contribution in [3.05, 3.63) is 52.5 Å². The van der Waals surface area contributed by atoms with Crippen molar-refractivity contribution < 1.29 is 9.84 Å². The minimum Gasteiger partial charge on any atom is -0.508 e. The Balaban J connectivity index is 2.31. The van der Waals surface area contributed by atoms with Crippen molar-refractivity contribution in [3.8, 4) is 11.5 Å². The third-order valence-corrected chi connectivity index (χ3v) is 3.70. The number of phenols is 1. The van der Waals surface area contributed by atoms with E-state index in [4.69, 9.17) is 4.74 Å². The summed E-state index contributed by atoms with van der Waals surface area (Å²) in [6, 6.07) is 13.2. The number of benzene rings is 2. The average Bonchev–Trinajstić information content (AvgIpc) is 2.46. The van der Waals surface area contributed by atoms with Gasteiger partial charge in [0.15, 0.2) is 0 Å². The van der Waals surface area contributed by atoms with Crippen molar-refractivity contribution in [1.82, 2.24) is 0 Å². The highest BCUT2D eigenvalue weighted by atomic mass is 79.9. The number of aromatic hydroxyl groups is 1. The Labute approximate surface area is 127 Å². The van der Waals surface area contributed by atoms with Gasteiger partial charge in [-0.15, -0.1) is 0 Å². The van der Waals surface area contributed by atoms with Crippen LogP contribution >= 0.6 is 15.9 Å². The van der Waals surface area contributed by atoms with Crippen LogP contribution in [0.2, 0.25) is 0 Å². The van der Waals surface area contributed by atoms with E-state index in [1.54, 1.807) is 13.2 Å². The Kier molecular flexibility index (Phi) is 4.90. The lowest BCUT2D eigenvalue weighted by molar-refractivity contribution is 0.415. The summed E-state index contributed by atoms with van der Waals surface area (Å²) < 4.78 is 6.35. The Bertz CT molecular complexity index is 586. The minimum atomic E-state index is 0.0272.